The van der Waals surface area contributed by atoms with Gasteiger partial charge in [-0.05, 0) is 57.1 Å². The van der Waals surface area contributed by atoms with Gasteiger partial charge in [-0.2, -0.15) is 0 Å². The van der Waals surface area contributed by atoms with Gasteiger partial charge in [0.05, 0.1) is 5.02 Å². The lowest BCUT2D eigenvalue weighted by Crippen LogP contribution is -2.00. The Labute approximate surface area is 133 Å². The van der Waals surface area contributed by atoms with E-state index in [1.54, 1.807) is 6.07 Å². The fourth-order valence-electron chi connectivity index (χ4n) is 2.12. The summed E-state index contributed by atoms with van der Waals surface area (Å²) in [4.78, 5) is 0. The van der Waals surface area contributed by atoms with Gasteiger partial charge in [0.1, 0.15) is 6.10 Å². The molecule has 2 atom stereocenters. The fourth-order valence-corrected chi connectivity index (χ4v) is 2.55. The van der Waals surface area contributed by atoms with Crippen molar-refractivity contribution < 1.29 is 5.11 Å². The Kier molecular flexibility index (Phi) is 5.25. The highest BCUT2D eigenvalue weighted by Crippen LogP contribution is 2.30. The van der Waals surface area contributed by atoms with Gasteiger partial charge in [-0.1, -0.05) is 55.8 Å². The third-order valence-electron chi connectivity index (χ3n) is 3.69. The molecule has 1 N–H and O–H groups in total. The van der Waals surface area contributed by atoms with Gasteiger partial charge >= 0.3 is 0 Å². The maximum atomic E-state index is 10.4. The molecule has 0 aliphatic rings. The Bertz CT molecular complexity index is 580. The molecule has 2 aromatic rings. The van der Waals surface area contributed by atoms with Crippen molar-refractivity contribution in [3.05, 3.63) is 68.7 Å². The Balaban J connectivity index is 2.24. The minimum atomic E-state index is -0.647. The summed E-state index contributed by atoms with van der Waals surface area (Å²) in [5.74, 6) is 0.545. The molecule has 0 fully saturated rings. The molecule has 0 aliphatic carbocycles. The van der Waals surface area contributed by atoms with Gasteiger partial charge in [-0.25, -0.2) is 0 Å². The molecule has 0 spiro atoms. The van der Waals surface area contributed by atoms with Gasteiger partial charge in [-0.15, -0.1) is 0 Å². The lowest BCUT2D eigenvalue weighted by molar-refractivity contribution is 0.220. The monoisotopic (exact) mass is 352 g/mol. The van der Waals surface area contributed by atoms with E-state index in [4.69, 9.17) is 11.6 Å². The SMILES string of the molecule is CCC(C)c1ccc(C(O)c2ccc(Br)c(Cl)c2)cc1. The number of halogens is 2. The van der Waals surface area contributed by atoms with E-state index in [2.05, 4.69) is 41.9 Å². The molecule has 1 nitrogen and oxygen atoms in total. The first-order chi connectivity index (χ1) is 9.52. The zero-order valence-electron chi connectivity index (χ0n) is 11.6. The van der Waals surface area contributed by atoms with E-state index < -0.39 is 6.10 Å². The molecule has 0 bridgehead atoms. The normalized spacial score (nSPS) is 14.1. The van der Waals surface area contributed by atoms with Gasteiger partial charge < -0.3 is 5.11 Å². The summed E-state index contributed by atoms with van der Waals surface area (Å²) >= 11 is 9.43. The first kappa shape index (κ1) is 15.6. The summed E-state index contributed by atoms with van der Waals surface area (Å²) < 4.78 is 0.835. The van der Waals surface area contributed by atoms with Crippen LogP contribution in [0.3, 0.4) is 0 Å². The summed E-state index contributed by atoms with van der Waals surface area (Å²) in [7, 11) is 0. The number of hydrogen-bond acceptors (Lipinski definition) is 1. The van der Waals surface area contributed by atoms with Crippen LogP contribution in [0.15, 0.2) is 46.9 Å². The summed E-state index contributed by atoms with van der Waals surface area (Å²) in [5.41, 5.74) is 2.99. The van der Waals surface area contributed by atoms with E-state index in [9.17, 15) is 5.11 Å². The van der Waals surface area contributed by atoms with E-state index in [0.29, 0.717) is 10.9 Å². The van der Waals surface area contributed by atoms with Gasteiger partial charge in [0, 0.05) is 4.47 Å². The topological polar surface area (TPSA) is 20.2 Å². The van der Waals surface area contributed by atoms with Crippen molar-refractivity contribution in [1.29, 1.82) is 0 Å². The first-order valence-electron chi connectivity index (χ1n) is 6.75. The van der Waals surface area contributed by atoms with E-state index in [0.717, 1.165) is 22.0 Å². The molecule has 0 aromatic heterocycles. The zero-order valence-corrected chi connectivity index (χ0v) is 13.9. The van der Waals surface area contributed by atoms with Crippen LogP contribution in [0.2, 0.25) is 5.02 Å². The number of benzene rings is 2. The van der Waals surface area contributed by atoms with Crippen LogP contribution in [0, 0.1) is 0 Å². The van der Waals surface area contributed by atoms with Crippen LogP contribution < -0.4 is 0 Å². The molecule has 0 amide bonds. The number of rotatable bonds is 4. The predicted molar refractivity (Wildman–Crippen MR) is 88.4 cm³/mol. The Morgan fingerprint density at radius 2 is 1.60 bits per heavy atom. The van der Waals surface area contributed by atoms with Crippen molar-refractivity contribution >= 4 is 27.5 Å². The summed E-state index contributed by atoms with van der Waals surface area (Å²) in [5, 5.41) is 11.0. The van der Waals surface area contributed by atoms with Crippen LogP contribution in [-0.4, -0.2) is 5.11 Å². The molecule has 0 heterocycles. The molecule has 0 saturated carbocycles. The van der Waals surface area contributed by atoms with Crippen LogP contribution in [0.5, 0.6) is 0 Å². The van der Waals surface area contributed by atoms with Gasteiger partial charge in [0.2, 0.25) is 0 Å². The fraction of sp³-hybridized carbons (Fsp3) is 0.294. The van der Waals surface area contributed by atoms with Gasteiger partial charge in [0.25, 0.3) is 0 Å². The third kappa shape index (κ3) is 3.43. The molecule has 2 aromatic carbocycles. The van der Waals surface area contributed by atoms with E-state index >= 15 is 0 Å². The average Bonchev–Trinajstić information content (AvgIpc) is 2.48. The standard InChI is InChI=1S/C17H18BrClO/c1-3-11(2)12-4-6-13(7-5-12)17(20)14-8-9-15(18)16(19)10-14/h4-11,17,20H,3H2,1-2H3. The molecule has 2 rings (SSSR count). The summed E-state index contributed by atoms with van der Waals surface area (Å²) in [6.45, 7) is 4.39. The zero-order chi connectivity index (χ0) is 14.7. The maximum absolute atomic E-state index is 10.4. The molecule has 2 unspecified atom stereocenters. The molecule has 106 valence electrons. The minimum absolute atomic E-state index is 0.545. The van der Waals surface area contributed by atoms with Crippen molar-refractivity contribution in [3.8, 4) is 0 Å². The second-order valence-corrected chi connectivity index (χ2v) is 6.31. The molecule has 0 radical (unpaired) electrons. The molecule has 0 aliphatic heterocycles. The molecular weight excluding hydrogens is 336 g/mol. The third-order valence-corrected chi connectivity index (χ3v) is 4.93. The second kappa shape index (κ2) is 6.75. The Hall–Kier alpha value is -0.830. The molecular formula is C17H18BrClO. The van der Waals surface area contributed by atoms with E-state index in [-0.39, 0.29) is 0 Å². The summed E-state index contributed by atoms with van der Waals surface area (Å²) in [6.07, 6.45) is 0.469. The van der Waals surface area contributed by atoms with Crippen LogP contribution in [-0.2, 0) is 0 Å². The summed E-state index contributed by atoms with van der Waals surface area (Å²) in [6, 6.07) is 13.7. The van der Waals surface area contributed by atoms with Crippen molar-refractivity contribution in [2.24, 2.45) is 0 Å². The first-order valence-corrected chi connectivity index (χ1v) is 7.93. The minimum Gasteiger partial charge on any atom is -0.384 e. The Morgan fingerprint density at radius 1 is 1.05 bits per heavy atom. The number of aliphatic hydroxyl groups excluding tert-OH is 1. The van der Waals surface area contributed by atoms with Gasteiger partial charge in [-0.3, -0.25) is 0 Å². The largest absolute Gasteiger partial charge is 0.384 e. The van der Waals surface area contributed by atoms with Gasteiger partial charge in [0.15, 0.2) is 0 Å². The Morgan fingerprint density at radius 3 is 2.15 bits per heavy atom. The van der Waals surface area contributed by atoms with Crippen LogP contribution in [0.25, 0.3) is 0 Å². The predicted octanol–water partition coefficient (Wildman–Crippen LogP) is 5.70. The maximum Gasteiger partial charge on any atom is 0.104 e. The number of hydrogen-bond donors (Lipinski definition) is 1. The highest BCUT2D eigenvalue weighted by atomic mass is 79.9. The highest BCUT2D eigenvalue weighted by Gasteiger charge is 2.12. The van der Waals surface area contributed by atoms with Crippen molar-refractivity contribution in [2.45, 2.75) is 32.3 Å². The molecule has 3 heteroatoms. The highest BCUT2D eigenvalue weighted by molar-refractivity contribution is 9.10. The van der Waals surface area contributed by atoms with Crippen molar-refractivity contribution in [1.82, 2.24) is 0 Å². The smallest absolute Gasteiger partial charge is 0.104 e. The van der Waals surface area contributed by atoms with E-state index in [1.165, 1.54) is 5.56 Å². The average molecular weight is 354 g/mol. The second-order valence-electron chi connectivity index (χ2n) is 5.05. The van der Waals surface area contributed by atoms with Crippen molar-refractivity contribution in [3.63, 3.8) is 0 Å². The quantitative estimate of drug-likeness (QED) is 0.747. The molecule has 20 heavy (non-hydrogen) atoms. The van der Waals surface area contributed by atoms with Crippen LogP contribution in [0.1, 0.15) is 49.0 Å². The van der Waals surface area contributed by atoms with Crippen LogP contribution in [0.4, 0.5) is 0 Å². The van der Waals surface area contributed by atoms with Crippen molar-refractivity contribution in [2.75, 3.05) is 0 Å². The van der Waals surface area contributed by atoms with Crippen LogP contribution >= 0.6 is 27.5 Å². The van der Waals surface area contributed by atoms with E-state index in [1.807, 2.05) is 24.3 Å². The number of aliphatic hydroxyl groups is 1. The lowest BCUT2D eigenvalue weighted by atomic mass is 9.95. The molecule has 0 saturated heterocycles. The lowest BCUT2D eigenvalue weighted by Gasteiger charge is -2.14.